The van der Waals surface area contributed by atoms with Crippen molar-refractivity contribution < 1.29 is 27.6 Å². The van der Waals surface area contributed by atoms with Crippen LogP contribution in [0.5, 0.6) is 0 Å². The number of allylic oxidation sites excluding steroid dienone is 3. The normalized spacial score (nSPS) is 24.5. The van der Waals surface area contributed by atoms with Gasteiger partial charge in [0.05, 0.1) is 16.9 Å². The highest BCUT2D eigenvalue weighted by molar-refractivity contribution is 7.94. The van der Waals surface area contributed by atoms with E-state index in [2.05, 4.69) is 9.88 Å². The predicted molar refractivity (Wildman–Crippen MR) is 143 cm³/mol. The summed E-state index contributed by atoms with van der Waals surface area (Å²) < 4.78 is 39.8. The molecule has 2 N–H and O–H groups in total. The minimum atomic E-state index is -3.85. The van der Waals surface area contributed by atoms with Crippen molar-refractivity contribution in [3.05, 3.63) is 78.3 Å². The second-order valence-electron chi connectivity index (χ2n) is 10.1. The molecule has 0 radical (unpaired) electrons. The van der Waals surface area contributed by atoms with Crippen LogP contribution in [0.4, 0.5) is 5.69 Å². The molecule has 1 aromatic carbocycles. The Hall–Kier alpha value is -3.21. The Morgan fingerprint density at radius 2 is 2.00 bits per heavy atom. The van der Waals surface area contributed by atoms with E-state index in [0.717, 1.165) is 49.0 Å². The number of anilines is 1. The lowest BCUT2D eigenvalue weighted by molar-refractivity contribution is -0.160. The molecule has 3 aliphatic rings. The van der Waals surface area contributed by atoms with E-state index < -0.39 is 28.0 Å². The zero-order valence-corrected chi connectivity index (χ0v) is 22.2. The van der Waals surface area contributed by atoms with Crippen LogP contribution in [0.1, 0.15) is 43.6 Å². The molecule has 4 atom stereocenters. The van der Waals surface area contributed by atoms with Crippen LogP contribution in [0.2, 0.25) is 0 Å². The fraction of sp³-hybridized carbons (Fsp3) is 0.357. The van der Waals surface area contributed by atoms with Gasteiger partial charge in [0.1, 0.15) is 21.9 Å². The van der Waals surface area contributed by atoms with Gasteiger partial charge in [-0.25, -0.2) is 8.42 Å². The number of aliphatic hydroxyl groups is 1. The van der Waals surface area contributed by atoms with E-state index >= 15 is 0 Å². The van der Waals surface area contributed by atoms with Crippen molar-refractivity contribution in [2.24, 2.45) is 17.8 Å². The Balaban J connectivity index is 1.27. The first-order chi connectivity index (χ1) is 18.4. The van der Waals surface area contributed by atoms with Crippen molar-refractivity contribution in [3.63, 3.8) is 0 Å². The van der Waals surface area contributed by atoms with Crippen LogP contribution in [-0.2, 0) is 19.6 Å². The number of fused-ring (bicyclic) bond motifs is 1. The summed E-state index contributed by atoms with van der Waals surface area (Å²) >= 11 is 1.10. The number of benzene rings is 1. The van der Waals surface area contributed by atoms with E-state index in [1.54, 1.807) is 36.4 Å². The average molecular weight is 553 g/mol. The van der Waals surface area contributed by atoms with Crippen LogP contribution >= 0.6 is 11.3 Å². The van der Waals surface area contributed by atoms with Gasteiger partial charge in [0.25, 0.3) is 10.0 Å². The van der Waals surface area contributed by atoms with Crippen LogP contribution in [0.3, 0.4) is 0 Å². The molecule has 0 bridgehead atoms. The number of rotatable bonds is 7. The molecule has 4 unspecified atom stereocenters. The van der Waals surface area contributed by atoms with Crippen LogP contribution in [0.25, 0.3) is 10.6 Å². The van der Waals surface area contributed by atoms with E-state index in [1.165, 1.54) is 12.3 Å². The molecule has 0 amide bonds. The largest absolute Gasteiger partial charge is 0.430 e. The van der Waals surface area contributed by atoms with Gasteiger partial charge in [-0.15, -0.1) is 11.3 Å². The molecule has 198 valence electrons. The van der Waals surface area contributed by atoms with Crippen molar-refractivity contribution in [1.29, 1.82) is 0 Å². The Labute approximate surface area is 225 Å². The SMILES string of the molecule is O=C1OC2=CC=CCCCC2C(O)C1C(c1cccc(NS(=O)(=O)c2ccc(-c3ccon3)s2)c1)C1CC1. The standard InChI is InChI=1S/C28H28N2O6S2/c31-27-20-8-3-1-2-4-9-22(20)36-28(32)26(27)25(17-10-11-17)18-6-5-7-19(16-18)30-38(33,34)24-13-12-23(37-24)21-14-15-35-29-21/h2,4-7,9,12-17,20,25-27,30-31H,1,3,8,10-11H2. The lowest BCUT2D eigenvalue weighted by Gasteiger charge is -2.39. The molecular weight excluding hydrogens is 524 g/mol. The van der Waals surface area contributed by atoms with Crippen LogP contribution in [0, 0.1) is 17.8 Å². The van der Waals surface area contributed by atoms with E-state index in [1.807, 2.05) is 18.2 Å². The van der Waals surface area contributed by atoms with Gasteiger partial charge in [-0.2, -0.15) is 0 Å². The number of ether oxygens (including phenoxy) is 1. The molecule has 2 aromatic heterocycles. The summed E-state index contributed by atoms with van der Waals surface area (Å²) in [7, 11) is -3.85. The number of aliphatic hydroxyl groups excluding tert-OH is 1. The molecule has 38 heavy (non-hydrogen) atoms. The molecule has 1 saturated carbocycles. The first-order valence-corrected chi connectivity index (χ1v) is 15.1. The summed E-state index contributed by atoms with van der Waals surface area (Å²) in [6, 6.07) is 12.1. The topological polar surface area (TPSA) is 119 Å². The maximum atomic E-state index is 13.2. The first kappa shape index (κ1) is 25.1. The molecular formula is C28H28N2O6S2. The number of hydrogen-bond acceptors (Lipinski definition) is 8. The van der Waals surface area contributed by atoms with Crippen molar-refractivity contribution in [2.75, 3.05) is 4.72 Å². The van der Waals surface area contributed by atoms with Gasteiger partial charge < -0.3 is 14.4 Å². The second kappa shape index (κ2) is 10.2. The van der Waals surface area contributed by atoms with Gasteiger partial charge in [0.15, 0.2) is 0 Å². The third-order valence-electron chi connectivity index (χ3n) is 7.50. The number of thiophene rings is 1. The molecule has 2 aliphatic carbocycles. The van der Waals surface area contributed by atoms with Crippen LogP contribution < -0.4 is 4.72 Å². The third-order valence-corrected chi connectivity index (χ3v) is 10.5. The number of aromatic nitrogens is 1. The van der Waals surface area contributed by atoms with Gasteiger partial charge >= 0.3 is 5.97 Å². The van der Waals surface area contributed by atoms with Crippen molar-refractivity contribution in [2.45, 2.75) is 48.3 Å². The summed E-state index contributed by atoms with van der Waals surface area (Å²) in [4.78, 5) is 13.9. The van der Waals surface area contributed by atoms with Gasteiger partial charge in [0.2, 0.25) is 0 Å². The fourth-order valence-corrected chi connectivity index (χ4v) is 7.86. The first-order valence-electron chi connectivity index (χ1n) is 12.8. The summed E-state index contributed by atoms with van der Waals surface area (Å²) in [5.74, 6) is -0.853. The monoisotopic (exact) mass is 552 g/mol. The van der Waals surface area contributed by atoms with E-state index in [9.17, 15) is 18.3 Å². The second-order valence-corrected chi connectivity index (χ2v) is 13.1. The minimum absolute atomic E-state index is 0.156. The summed E-state index contributed by atoms with van der Waals surface area (Å²) in [6.45, 7) is 0. The number of carbonyl (C=O) groups is 1. The molecule has 8 nitrogen and oxygen atoms in total. The number of sulfonamides is 1. The Bertz CT molecular complexity index is 1490. The van der Waals surface area contributed by atoms with Gasteiger partial charge in [-0.3, -0.25) is 9.52 Å². The quantitative estimate of drug-likeness (QED) is 0.373. The highest BCUT2D eigenvalue weighted by atomic mass is 32.2. The van der Waals surface area contributed by atoms with E-state index in [4.69, 9.17) is 9.26 Å². The fourth-order valence-electron chi connectivity index (χ4n) is 5.55. The summed E-state index contributed by atoms with van der Waals surface area (Å²) in [5, 5.41) is 15.3. The molecule has 0 spiro atoms. The molecule has 2 fully saturated rings. The average Bonchev–Trinajstić information content (AvgIpc) is 3.33. The highest BCUT2D eigenvalue weighted by Gasteiger charge is 2.50. The minimum Gasteiger partial charge on any atom is -0.430 e. The number of nitrogens with zero attached hydrogens (tertiary/aromatic N) is 1. The van der Waals surface area contributed by atoms with Gasteiger partial charge in [-0.05, 0) is 73.9 Å². The molecule has 10 heteroatoms. The molecule has 3 aromatic rings. The Morgan fingerprint density at radius 1 is 1.13 bits per heavy atom. The zero-order valence-electron chi connectivity index (χ0n) is 20.5. The number of nitrogens with one attached hydrogen (secondary N) is 1. The summed E-state index contributed by atoms with van der Waals surface area (Å²) in [5.41, 5.74) is 1.79. The van der Waals surface area contributed by atoms with Crippen molar-refractivity contribution in [1.82, 2.24) is 5.16 Å². The highest BCUT2D eigenvalue weighted by Crippen LogP contribution is 2.51. The lowest BCUT2D eigenvalue weighted by Crippen LogP contribution is -2.45. The molecule has 3 heterocycles. The number of carbonyl (C=O) groups excluding carboxylic acids is 1. The third kappa shape index (κ3) is 4.95. The predicted octanol–water partition coefficient (Wildman–Crippen LogP) is 5.47. The van der Waals surface area contributed by atoms with Crippen molar-refractivity contribution >= 4 is 33.0 Å². The molecule has 1 saturated heterocycles. The van der Waals surface area contributed by atoms with Crippen molar-refractivity contribution in [3.8, 4) is 10.6 Å². The van der Waals surface area contributed by atoms with E-state index in [0.29, 0.717) is 22.0 Å². The number of esters is 1. The van der Waals surface area contributed by atoms with Gasteiger partial charge in [0, 0.05) is 23.6 Å². The lowest BCUT2D eigenvalue weighted by atomic mass is 9.72. The summed E-state index contributed by atoms with van der Waals surface area (Å²) in [6.07, 6.45) is 10.8. The Kier molecular flexibility index (Phi) is 6.71. The smallest absolute Gasteiger partial charge is 0.317 e. The molecule has 6 rings (SSSR count). The van der Waals surface area contributed by atoms with Crippen LogP contribution in [-0.4, -0.2) is 30.8 Å². The maximum absolute atomic E-state index is 13.2. The Morgan fingerprint density at radius 3 is 2.79 bits per heavy atom. The zero-order chi connectivity index (χ0) is 26.3. The molecule has 1 aliphatic heterocycles. The maximum Gasteiger partial charge on any atom is 0.317 e. The van der Waals surface area contributed by atoms with E-state index in [-0.39, 0.29) is 22.0 Å². The van der Waals surface area contributed by atoms with Crippen LogP contribution in [0.15, 0.2) is 81.4 Å². The number of hydrogen-bond donors (Lipinski definition) is 2. The van der Waals surface area contributed by atoms with Gasteiger partial charge in [-0.1, -0.05) is 29.4 Å².